The second-order valence-corrected chi connectivity index (χ2v) is 4.94. The van der Waals surface area contributed by atoms with E-state index in [1.54, 1.807) is 0 Å². The summed E-state index contributed by atoms with van der Waals surface area (Å²) in [6.07, 6.45) is 6.84. The molecule has 1 aliphatic rings. The van der Waals surface area contributed by atoms with Crippen molar-refractivity contribution < 1.29 is 9.47 Å². The molecular weight excluding hydrogens is 244 g/mol. The van der Waals surface area contributed by atoms with Crippen LogP contribution in [0, 0.1) is 0 Å². The van der Waals surface area contributed by atoms with Gasteiger partial charge in [-0.15, -0.1) is 0 Å². The Balaban J connectivity index is 2.13. The van der Waals surface area contributed by atoms with Gasteiger partial charge in [0.25, 0.3) is 0 Å². The summed E-state index contributed by atoms with van der Waals surface area (Å²) in [4.78, 5) is 0.548. The summed E-state index contributed by atoms with van der Waals surface area (Å²) in [5.74, 6) is 0. The van der Waals surface area contributed by atoms with Gasteiger partial charge in [0.15, 0.2) is 0 Å². The Morgan fingerprint density at radius 2 is 1.93 bits per heavy atom. The molecular formula is C11H21BrO2. The fourth-order valence-corrected chi connectivity index (χ4v) is 2.56. The largest absolute Gasteiger partial charge is 0.379 e. The molecule has 0 aromatic rings. The van der Waals surface area contributed by atoms with Crippen molar-refractivity contribution in [2.75, 3.05) is 19.8 Å². The molecule has 0 heterocycles. The maximum atomic E-state index is 5.81. The van der Waals surface area contributed by atoms with Crippen molar-refractivity contribution in [3.8, 4) is 0 Å². The van der Waals surface area contributed by atoms with Crippen molar-refractivity contribution in [1.82, 2.24) is 0 Å². The summed E-state index contributed by atoms with van der Waals surface area (Å²) in [6.45, 7) is 4.26. The first-order chi connectivity index (χ1) is 6.84. The molecule has 0 spiro atoms. The van der Waals surface area contributed by atoms with Gasteiger partial charge in [0.2, 0.25) is 0 Å². The quantitative estimate of drug-likeness (QED) is 0.432. The molecule has 0 radical (unpaired) electrons. The van der Waals surface area contributed by atoms with Gasteiger partial charge in [0.1, 0.15) is 0 Å². The van der Waals surface area contributed by atoms with Gasteiger partial charge in [-0.2, -0.15) is 0 Å². The number of rotatable bonds is 5. The van der Waals surface area contributed by atoms with E-state index in [0.29, 0.717) is 10.9 Å². The molecule has 0 saturated heterocycles. The minimum Gasteiger partial charge on any atom is -0.379 e. The van der Waals surface area contributed by atoms with Crippen molar-refractivity contribution in [3.05, 3.63) is 0 Å². The second-order valence-electron chi connectivity index (χ2n) is 3.76. The molecule has 14 heavy (non-hydrogen) atoms. The van der Waals surface area contributed by atoms with Crippen molar-refractivity contribution in [2.45, 2.75) is 50.0 Å². The zero-order valence-corrected chi connectivity index (χ0v) is 10.6. The number of ether oxygens (including phenoxy) is 2. The molecule has 0 bridgehead atoms. The lowest BCUT2D eigenvalue weighted by atomic mass is 10.1. The first-order valence-corrected chi connectivity index (χ1v) is 6.59. The molecule has 2 atom stereocenters. The lowest BCUT2D eigenvalue weighted by molar-refractivity contribution is 0.00487. The molecule has 0 aliphatic heterocycles. The first kappa shape index (κ1) is 12.5. The van der Waals surface area contributed by atoms with Crippen LogP contribution in [0.2, 0.25) is 0 Å². The average Bonchev–Trinajstić information content (AvgIpc) is 2.39. The van der Waals surface area contributed by atoms with Crippen LogP contribution >= 0.6 is 15.9 Å². The maximum Gasteiger partial charge on any atom is 0.0704 e. The van der Waals surface area contributed by atoms with Crippen LogP contribution in [0.3, 0.4) is 0 Å². The van der Waals surface area contributed by atoms with Crippen LogP contribution in [-0.2, 0) is 9.47 Å². The third-order valence-corrected chi connectivity index (χ3v) is 3.68. The molecule has 1 fully saturated rings. The van der Waals surface area contributed by atoms with E-state index in [4.69, 9.17) is 9.47 Å². The molecule has 3 heteroatoms. The first-order valence-electron chi connectivity index (χ1n) is 5.68. The average molecular weight is 265 g/mol. The molecule has 2 nitrogen and oxygen atoms in total. The SMILES string of the molecule is CCOCCOC1CCCCCC1Br. The number of alkyl halides is 1. The van der Waals surface area contributed by atoms with E-state index in [1.165, 1.54) is 32.1 Å². The molecule has 0 N–H and O–H groups in total. The van der Waals surface area contributed by atoms with Crippen LogP contribution in [-0.4, -0.2) is 30.8 Å². The highest BCUT2D eigenvalue weighted by Crippen LogP contribution is 2.25. The van der Waals surface area contributed by atoms with Crippen molar-refractivity contribution >= 4 is 15.9 Å². The molecule has 2 unspecified atom stereocenters. The molecule has 1 saturated carbocycles. The molecule has 0 amide bonds. The zero-order chi connectivity index (χ0) is 10.2. The Labute approximate surface area is 95.5 Å². The number of hydrogen-bond donors (Lipinski definition) is 0. The minimum atomic E-state index is 0.401. The molecule has 84 valence electrons. The Hall–Kier alpha value is 0.400. The van der Waals surface area contributed by atoms with Crippen LogP contribution in [0.1, 0.15) is 39.0 Å². The van der Waals surface area contributed by atoms with E-state index in [2.05, 4.69) is 15.9 Å². The van der Waals surface area contributed by atoms with E-state index < -0.39 is 0 Å². The van der Waals surface area contributed by atoms with Crippen molar-refractivity contribution in [1.29, 1.82) is 0 Å². The van der Waals surface area contributed by atoms with Gasteiger partial charge in [-0.3, -0.25) is 0 Å². The molecule has 1 rings (SSSR count). The Kier molecular flexibility index (Phi) is 6.82. The Morgan fingerprint density at radius 1 is 1.14 bits per heavy atom. The highest BCUT2D eigenvalue weighted by molar-refractivity contribution is 9.09. The fourth-order valence-electron chi connectivity index (χ4n) is 1.82. The van der Waals surface area contributed by atoms with Crippen LogP contribution < -0.4 is 0 Å². The maximum absolute atomic E-state index is 5.81. The van der Waals surface area contributed by atoms with Gasteiger partial charge >= 0.3 is 0 Å². The number of halogens is 1. The summed E-state index contributed by atoms with van der Waals surface area (Å²) in [5, 5.41) is 0. The van der Waals surface area contributed by atoms with Crippen LogP contribution in [0.15, 0.2) is 0 Å². The van der Waals surface area contributed by atoms with Crippen LogP contribution in [0.25, 0.3) is 0 Å². The van der Waals surface area contributed by atoms with Gasteiger partial charge in [-0.05, 0) is 19.8 Å². The highest BCUT2D eigenvalue weighted by Gasteiger charge is 2.21. The van der Waals surface area contributed by atoms with Gasteiger partial charge in [0, 0.05) is 11.4 Å². The van der Waals surface area contributed by atoms with E-state index in [0.717, 1.165) is 19.8 Å². The standard InChI is InChI=1S/C11H21BrO2/c1-2-13-8-9-14-11-7-5-3-4-6-10(11)12/h10-11H,2-9H2,1H3. The zero-order valence-electron chi connectivity index (χ0n) is 9.01. The Morgan fingerprint density at radius 3 is 2.71 bits per heavy atom. The predicted octanol–water partition coefficient (Wildman–Crippen LogP) is 3.14. The van der Waals surface area contributed by atoms with E-state index in [-0.39, 0.29) is 0 Å². The predicted molar refractivity (Wildman–Crippen MR) is 62.0 cm³/mol. The van der Waals surface area contributed by atoms with E-state index >= 15 is 0 Å². The smallest absolute Gasteiger partial charge is 0.0704 e. The monoisotopic (exact) mass is 264 g/mol. The van der Waals surface area contributed by atoms with Crippen LogP contribution in [0.4, 0.5) is 0 Å². The topological polar surface area (TPSA) is 18.5 Å². The number of hydrogen-bond acceptors (Lipinski definition) is 2. The third-order valence-electron chi connectivity index (χ3n) is 2.64. The fraction of sp³-hybridized carbons (Fsp3) is 1.00. The molecule has 0 aromatic carbocycles. The second kappa shape index (κ2) is 7.66. The van der Waals surface area contributed by atoms with E-state index in [9.17, 15) is 0 Å². The van der Waals surface area contributed by atoms with E-state index in [1.807, 2.05) is 6.92 Å². The molecule has 1 aliphatic carbocycles. The Bertz CT molecular complexity index is 141. The highest BCUT2D eigenvalue weighted by atomic mass is 79.9. The van der Waals surface area contributed by atoms with Gasteiger partial charge in [0.05, 0.1) is 19.3 Å². The van der Waals surface area contributed by atoms with Crippen molar-refractivity contribution in [3.63, 3.8) is 0 Å². The van der Waals surface area contributed by atoms with Crippen molar-refractivity contribution in [2.24, 2.45) is 0 Å². The summed E-state index contributed by atoms with van der Waals surface area (Å²) in [7, 11) is 0. The lowest BCUT2D eigenvalue weighted by Crippen LogP contribution is -2.24. The normalized spacial score (nSPS) is 28.7. The van der Waals surface area contributed by atoms with Gasteiger partial charge < -0.3 is 9.47 Å². The summed E-state index contributed by atoms with van der Waals surface area (Å²) < 4.78 is 11.1. The third kappa shape index (κ3) is 4.76. The summed E-state index contributed by atoms with van der Waals surface area (Å²) in [5.41, 5.74) is 0. The van der Waals surface area contributed by atoms with Gasteiger partial charge in [-0.25, -0.2) is 0 Å². The minimum absolute atomic E-state index is 0.401. The van der Waals surface area contributed by atoms with Gasteiger partial charge in [-0.1, -0.05) is 35.2 Å². The lowest BCUT2D eigenvalue weighted by Gasteiger charge is -2.20. The van der Waals surface area contributed by atoms with Crippen LogP contribution in [0.5, 0.6) is 0 Å². The summed E-state index contributed by atoms with van der Waals surface area (Å²) >= 11 is 3.71. The summed E-state index contributed by atoms with van der Waals surface area (Å²) in [6, 6.07) is 0. The molecule has 0 aromatic heterocycles.